The van der Waals surface area contributed by atoms with Crippen molar-refractivity contribution in [2.45, 2.75) is 0 Å². The molecule has 1 aromatic rings. The van der Waals surface area contributed by atoms with Crippen LogP contribution in [0.5, 0.6) is 0 Å². The maximum atomic E-state index is 13.9. The highest BCUT2D eigenvalue weighted by atomic mass is 19.2. The number of rotatable bonds is 3. The standard InChI is InChI=1S/C15H15F5N4O2/c1-21-6-8(25)24(15(21)26)7-22-2-4-23(5-3-22)14-12(19)10(17)9(16)11(18)13(14)20/h2-7H2,1H3/p+1. The van der Waals surface area contributed by atoms with Crippen LogP contribution >= 0.6 is 0 Å². The molecule has 0 radical (unpaired) electrons. The number of nitrogens with one attached hydrogen (secondary N) is 1. The lowest BCUT2D eigenvalue weighted by Gasteiger charge is -2.35. The molecule has 2 saturated heterocycles. The Hall–Kier alpha value is -2.43. The van der Waals surface area contributed by atoms with Gasteiger partial charge < -0.3 is 14.7 Å². The SMILES string of the molecule is CN1CC(=O)N(C[NH+]2CCN(c3c(F)c(F)c(F)c(F)c3F)CC2)C1=O. The Kier molecular flexibility index (Phi) is 4.74. The summed E-state index contributed by atoms with van der Waals surface area (Å²) in [7, 11) is 1.50. The van der Waals surface area contributed by atoms with Gasteiger partial charge in [0.2, 0.25) is 5.82 Å². The van der Waals surface area contributed by atoms with E-state index in [-0.39, 0.29) is 45.3 Å². The van der Waals surface area contributed by atoms with E-state index in [1.807, 2.05) is 0 Å². The summed E-state index contributed by atoms with van der Waals surface area (Å²) in [4.78, 5) is 27.9. The van der Waals surface area contributed by atoms with E-state index in [1.54, 1.807) is 0 Å². The fraction of sp³-hybridized carbons (Fsp3) is 0.467. The Morgan fingerprint density at radius 2 is 1.38 bits per heavy atom. The van der Waals surface area contributed by atoms with Crippen LogP contribution in [0.15, 0.2) is 0 Å². The Morgan fingerprint density at radius 3 is 1.85 bits per heavy atom. The topological polar surface area (TPSA) is 48.3 Å². The number of urea groups is 1. The Bertz CT molecular complexity index is 738. The minimum Gasteiger partial charge on any atom is -0.355 e. The molecular weight excluding hydrogens is 363 g/mol. The van der Waals surface area contributed by atoms with Gasteiger partial charge in [0.15, 0.2) is 29.9 Å². The van der Waals surface area contributed by atoms with Gasteiger partial charge in [0.1, 0.15) is 12.2 Å². The van der Waals surface area contributed by atoms with Crippen molar-refractivity contribution in [2.24, 2.45) is 0 Å². The average molecular weight is 379 g/mol. The molecule has 26 heavy (non-hydrogen) atoms. The van der Waals surface area contributed by atoms with Gasteiger partial charge in [0, 0.05) is 7.05 Å². The van der Waals surface area contributed by atoms with Gasteiger partial charge in [-0.1, -0.05) is 0 Å². The molecule has 6 nitrogen and oxygen atoms in total. The van der Waals surface area contributed by atoms with Crippen LogP contribution in [0.25, 0.3) is 0 Å². The van der Waals surface area contributed by atoms with E-state index in [9.17, 15) is 31.5 Å². The third kappa shape index (κ3) is 2.96. The normalized spacial score (nSPS) is 19.1. The van der Waals surface area contributed by atoms with Crippen LogP contribution < -0.4 is 9.80 Å². The number of hydrogen-bond acceptors (Lipinski definition) is 3. The van der Waals surface area contributed by atoms with Crippen molar-refractivity contribution < 1.29 is 36.4 Å². The first-order valence-electron chi connectivity index (χ1n) is 7.87. The quantitative estimate of drug-likeness (QED) is 0.347. The number of carbonyl (C=O) groups is 2. The Labute approximate surface area is 145 Å². The number of halogens is 5. The van der Waals surface area contributed by atoms with Gasteiger partial charge in [-0.05, 0) is 0 Å². The molecule has 11 heteroatoms. The van der Waals surface area contributed by atoms with Crippen LogP contribution in [0.3, 0.4) is 0 Å². The molecule has 0 atom stereocenters. The molecule has 2 heterocycles. The minimum atomic E-state index is -2.19. The molecule has 3 rings (SSSR count). The smallest absolute Gasteiger partial charge is 0.331 e. The number of quaternary nitrogens is 1. The molecule has 2 aliphatic rings. The highest BCUT2D eigenvalue weighted by Gasteiger charge is 2.37. The van der Waals surface area contributed by atoms with E-state index in [1.165, 1.54) is 11.9 Å². The van der Waals surface area contributed by atoms with Gasteiger partial charge in [-0.3, -0.25) is 4.79 Å². The number of anilines is 1. The van der Waals surface area contributed by atoms with E-state index in [2.05, 4.69) is 0 Å². The second kappa shape index (κ2) is 6.71. The zero-order valence-electron chi connectivity index (χ0n) is 13.8. The molecule has 0 bridgehead atoms. The van der Waals surface area contributed by atoms with E-state index in [0.29, 0.717) is 0 Å². The molecule has 0 aromatic heterocycles. The summed E-state index contributed by atoms with van der Waals surface area (Å²) < 4.78 is 67.6. The Morgan fingerprint density at radius 1 is 0.885 bits per heavy atom. The van der Waals surface area contributed by atoms with E-state index < -0.39 is 40.8 Å². The molecule has 2 fully saturated rings. The lowest BCUT2D eigenvalue weighted by atomic mass is 10.2. The van der Waals surface area contributed by atoms with Crippen molar-refractivity contribution in [1.29, 1.82) is 0 Å². The van der Waals surface area contributed by atoms with Crippen molar-refractivity contribution in [3.05, 3.63) is 29.1 Å². The van der Waals surface area contributed by atoms with E-state index >= 15 is 0 Å². The summed E-state index contributed by atoms with van der Waals surface area (Å²) >= 11 is 0. The second-order valence-corrected chi connectivity index (χ2v) is 6.27. The number of hydrogen-bond donors (Lipinski definition) is 1. The van der Waals surface area contributed by atoms with Crippen LogP contribution in [0, 0.1) is 29.1 Å². The molecule has 0 aliphatic carbocycles. The highest BCUT2D eigenvalue weighted by molar-refractivity contribution is 6.01. The molecular formula is C15H16F5N4O2+. The third-order valence-corrected chi connectivity index (χ3v) is 4.59. The van der Waals surface area contributed by atoms with Gasteiger partial charge >= 0.3 is 6.03 Å². The van der Waals surface area contributed by atoms with Crippen molar-refractivity contribution in [3.63, 3.8) is 0 Å². The fourth-order valence-corrected chi connectivity index (χ4v) is 3.12. The monoisotopic (exact) mass is 379 g/mol. The first kappa shape index (κ1) is 18.4. The van der Waals surface area contributed by atoms with Crippen molar-refractivity contribution in [2.75, 3.05) is 51.3 Å². The van der Waals surface area contributed by atoms with Gasteiger partial charge in [0.25, 0.3) is 5.91 Å². The number of amides is 3. The number of benzene rings is 1. The van der Waals surface area contributed by atoms with E-state index in [4.69, 9.17) is 0 Å². The van der Waals surface area contributed by atoms with Crippen molar-refractivity contribution >= 4 is 17.6 Å². The molecule has 2 aliphatic heterocycles. The third-order valence-electron chi connectivity index (χ3n) is 4.59. The van der Waals surface area contributed by atoms with E-state index in [0.717, 1.165) is 14.7 Å². The number of piperazine rings is 1. The van der Waals surface area contributed by atoms with Crippen molar-refractivity contribution in [3.8, 4) is 0 Å². The summed E-state index contributed by atoms with van der Waals surface area (Å²) in [5, 5.41) is 0. The second-order valence-electron chi connectivity index (χ2n) is 6.27. The maximum Gasteiger partial charge on any atom is 0.331 e. The first-order valence-corrected chi connectivity index (χ1v) is 7.87. The molecule has 0 unspecified atom stereocenters. The summed E-state index contributed by atoms with van der Waals surface area (Å²) in [5.41, 5.74) is -0.950. The highest BCUT2D eigenvalue weighted by Crippen LogP contribution is 2.30. The van der Waals surface area contributed by atoms with Crippen LogP contribution in [0.4, 0.5) is 32.4 Å². The summed E-state index contributed by atoms with van der Waals surface area (Å²) in [6.07, 6.45) is 0. The number of likely N-dealkylation sites (N-methyl/N-ethyl adjacent to an activating group) is 1. The molecule has 3 amide bonds. The molecule has 0 saturated carbocycles. The Balaban J connectivity index is 1.70. The molecule has 0 spiro atoms. The van der Waals surface area contributed by atoms with Crippen LogP contribution in [0.2, 0.25) is 0 Å². The predicted octanol–water partition coefficient (Wildman–Crippen LogP) is -0.0615. The molecule has 142 valence electrons. The van der Waals surface area contributed by atoms with Gasteiger partial charge in [-0.2, -0.15) is 0 Å². The van der Waals surface area contributed by atoms with Crippen LogP contribution in [-0.2, 0) is 4.79 Å². The number of nitrogens with zero attached hydrogens (tertiary/aromatic N) is 3. The van der Waals surface area contributed by atoms with Gasteiger partial charge in [-0.15, -0.1) is 0 Å². The fourth-order valence-electron chi connectivity index (χ4n) is 3.12. The maximum absolute atomic E-state index is 13.9. The van der Waals surface area contributed by atoms with Crippen molar-refractivity contribution in [1.82, 2.24) is 9.80 Å². The zero-order chi connectivity index (χ0) is 19.2. The zero-order valence-corrected chi connectivity index (χ0v) is 13.8. The first-order chi connectivity index (χ1) is 12.2. The lowest BCUT2D eigenvalue weighted by Crippen LogP contribution is -3.16. The number of carbonyl (C=O) groups excluding carboxylic acids is 2. The minimum absolute atomic E-state index is 0.0111. The predicted molar refractivity (Wildman–Crippen MR) is 78.9 cm³/mol. The molecule has 1 N–H and O–H groups in total. The molecule has 1 aromatic carbocycles. The van der Waals surface area contributed by atoms with Gasteiger partial charge in [0.05, 0.1) is 26.2 Å². The van der Waals surface area contributed by atoms with Crippen LogP contribution in [0.1, 0.15) is 0 Å². The summed E-state index contributed by atoms with van der Waals surface area (Å²) in [6.45, 7) is 0.635. The largest absolute Gasteiger partial charge is 0.355 e. The van der Waals surface area contributed by atoms with Crippen LogP contribution in [-0.4, -0.2) is 68.2 Å². The van der Waals surface area contributed by atoms with Gasteiger partial charge in [-0.25, -0.2) is 31.6 Å². The number of imide groups is 1. The summed E-state index contributed by atoms with van der Waals surface area (Å²) in [6, 6.07) is -0.426. The lowest BCUT2D eigenvalue weighted by molar-refractivity contribution is -0.907. The average Bonchev–Trinajstić information content (AvgIpc) is 2.86. The summed E-state index contributed by atoms with van der Waals surface area (Å²) in [5.74, 6) is -10.2.